The van der Waals surface area contributed by atoms with E-state index in [-0.39, 0.29) is 36.3 Å². The van der Waals surface area contributed by atoms with Crippen LogP contribution in [0.15, 0.2) is 120 Å². The number of nitroso groups, excluding NO2 is 2. The van der Waals surface area contributed by atoms with Gasteiger partial charge < -0.3 is 39.4 Å². The van der Waals surface area contributed by atoms with E-state index in [4.69, 9.17) is 18.9 Å². The number of fused-ring (bicyclic) bond motifs is 4. The molecule has 2 spiro atoms. The van der Waals surface area contributed by atoms with Crippen molar-refractivity contribution in [2.45, 2.75) is 50.0 Å². The van der Waals surface area contributed by atoms with E-state index < -0.39 is 22.3 Å². The van der Waals surface area contributed by atoms with Crippen LogP contribution in [0.2, 0.25) is 0 Å². The van der Waals surface area contributed by atoms with Crippen LogP contribution in [0, 0.1) is 9.81 Å². The summed E-state index contributed by atoms with van der Waals surface area (Å²) in [7, 11) is 3.01. The number of carbonyl (C=O) groups is 2. The Morgan fingerprint density at radius 3 is 1.35 bits per heavy atom. The van der Waals surface area contributed by atoms with Crippen molar-refractivity contribution in [3.05, 3.63) is 141 Å². The molecule has 4 heterocycles. The van der Waals surface area contributed by atoms with Crippen molar-refractivity contribution < 1.29 is 28.5 Å². The third kappa shape index (κ3) is 5.99. The van der Waals surface area contributed by atoms with Gasteiger partial charge in [0.2, 0.25) is 23.3 Å². The molecule has 14 nitrogen and oxygen atoms in total. The lowest BCUT2D eigenvalue weighted by atomic mass is 9.76. The van der Waals surface area contributed by atoms with Gasteiger partial charge in [-0.2, -0.15) is 0 Å². The zero-order valence-electron chi connectivity index (χ0n) is 35.0. The van der Waals surface area contributed by atoms with Crippen LogP contribution in [-0.4, -0.2) is 50.6 Å². The number of methoxy groups -OCH3 is 2. The van der Waals surface area contributed by atoms with Crippen LogP contribution in [-0.2, 0) is 20.4 Å². The van der Waals surface area contributed by atoms with Crippen LogP contribution in [0.5, 0.6) is 23.0 Å². The van der Waals surface area contributed by atoms with Crippen molar-refractivity contribution >= 4 is 58.1 Å². The summed E-state index contributed by atoms with van der Waals surface area (Å²) in [5.74, 6) is 1.02. The smallest absolute Gasteiger partial charge is 0.244 e. The molecule has 2 unspecified atom stereocenters. The first-order chi connectivity index (χ1) is 29.8. The Morgan fingerprint density at radius 1 is 0.597 bits per heavy atom. The molecule has 2 amide bonds. The van der Waals surface area contributed by atoms with E-state index in [9.17, 15) is 19.4 Å². The highest BCUT2D eigenvalue weighted by molar-refractivity contribution is 5.97. The lowest BCUT2D eigenvalue weighted by Gasteiger charge is -2.47. The molecule has 0 saturated carbocycles. The highest BCUT2D eigenvalue weighted by Crippen LogP contribution is 2.58. The third-order valence-corrected chi connectivity index (χ3v) is 12.7. The normalized spacial score (nSPS) is 20.3. The van der Waals surface area contributed by atoms with E-state index in [0.29, 0.717) is 45.5 Å². The molecule has 5 aromatic rings. The van der Waals surface area contributed by atoms with E-state index in [0.717, 1.165) is 22.5 Å². The first-order valence-corrected chi connectivity index (χ1v) is 20.1. The van der Waals surface area contributed by atoms with E-state index >= 15 is 0 Å². The van der Waals surface area contributed by atoms with Gasteiger partial charge in [-0.1, -0.05) is 36.4 Å². The number of rotatable bonds is 10. The molecular formula is C48H44N6O8. The molecule has 4 aliphatic heterocycles. The quantitative estimate of drug-likeness (QED) is 0.130. The Balaban J connectivity index is 0.929. The standard InChI is InChI=1S/C48H44N6O8/c1-45(2)35-11-7-9-13-37(35)53(47(45)21-19-29-23-33(51-57)25-39(59-5)43(29)61-47)27-41(55)49-31-15-17-32(18-16-31)50-42(56)28-54-38-14-10-8-12-36(38)46(3,4)48(54)22-20-30-24-34(52-58)26-40(60-6)44(30)62-48/h7-26H,27-28H2,1-6H3,(H,49,55)(H,50,56). The maximum atomic E-state index is 14.0. The first-order valence-electron chi connectivity index (χ1n) is 20.1. The van der Waals surface area contributed by atoms with E-state index in [1.165, 1.54) is 26.4 Å². The Kier molecular flexibility index (Phi) is 9.41. The molecule has 5 aromatic carbocycles. The second-order valence-electron chi connectivity index (χ2n) is 16.7. The van der Waals surface area contributed by atoms with Crippen LogP contribution < -0.4 is 39.4 Å². The summed E-state index contributed by atoms with van der Waals surface area (Å²) < 4.78 is 25.0. The number of benzene rings is 5. The van der Waals surface area contributed by atoms with E-state index in [2.05, 4.69) is 48.7 Å². The number of carbonyl (C=O) groups excluding carboxylic acids is 2. The fourth-order valence-electron chi connectivity index (χ4n) is 9.46. The molecular weight excluding hydrogens is 789 g/mol. The molecule has 0 aromatic heterocycles. The molecule has 4 aliphatic rings. The summed E-state index contributed by atoms with van der Waals surface area (Å²) in [6, 6.07) is 29.1. The molecule has 9 rings (SSSR count). The second kappa shape index (κ2) is 14.6. The number of anilines is 4. The second-order valence-corrected chi connectivity index (χ2v) is 16.7. The Labute approximate surface area is 358 Å². The van der Waals surface area contributed by atoms with Crippen LogP contribution in [0.4, 0.5) is 34.1 Å². The SMILES string of the molecule is COc1cc(N=O)cc2c1OC1(C=C2)N(CC(=O)Nc2ccc(NC(=O)CN3c4ccccc4C(C)(C)C34C=Cc3cc(N=O)cc(OC)c3O4)cc2)c2ccccc2C1(C)C. The number of hydrogen-bond donors (Lipinski definition) is 2. The Morgan fingerprint density at radius 2 is 0.984 bits per heavy atom. The van der Waals surface area contributed by atoms with Gasteiger partial charge in [-0.25, -0.2) is 0 Å². The predicted molar refractivity (Wildman–Crippen MR) is 239 cm³/mol. The van der Waals surface area contributed by atoms with Crippen molar-refractivity contribution in [3.8, 4) is 23.0 Å². The van der Waals surface area contributed by atoms with Gasteiger partial charge in [0.05, 0.1) is 25.0 Å². The average molecular weight is 833 g/mol. The van der Waals surface area contributed by atoms with Crippen LogP contribution in [0.1, 0.15) is 49.9 Å². The van der Waals surface area contributed by atoms with Gasteiger partial charge in [0.25, 0.3) is 0 Å². The molecule has 2 N–H and O–H groups in total. The number of para-hydroxylation sites is 2. The van der Waals surface area contributed by atoms with Crippen molar-refractivity contribution in [2.75, 3.05) is 47.7 Å². The van der Waals surface area contributed by atoms with Gasteiger partial charge in [-0.15, -0.1) is 9.81 Å². The molecule has 0 fully saturated rings. The largest absolute Gasteiger partial charge is 0.493 e. The summed E-state index contributed by atoms with van der Waals surface area (Å²) in [5.41, 5.74) is 2.93. The summed E-state index contributed by atoms with van der Waals surface area (Å²) in [6.07, 6.45) is 7.60. The van der Waals surface area contributed by atoms with Gasteiger partial charge in [0, 0.05) is 46.0 Å². The van der Waals surface area contributed by atoms with Crippen LogP contribution in [0.3, 0.4) is 0 Å². The number of nitrogens with one attached hydrogen (secondary N) is 2. The predicted octanol–water partition coefficient (Wildman–Crippen LogP) is 9.58. The van der Waals surface area contributed by atoms with E-state index in [1.807, 2.05) is 82.6 Å². The molecule has 2 atom stereocenters. The fourth-order valence-corrected chi connectivity index (χ4v) is 9.46. The highest BCUT2D eigenvalue weighted by atomic mass is 16.6. The van der Waals surface area contributed by atoms with Gasteiger partial charge in [-0.05, 0) is 122 Å². The zero-order chi connectivity index (χ0) is 43.6. The molecule has 0 bridgehead atoms. The summed E-state index contributed by atoms with van der Waals surface area (Å²) in [6.45, 7) is 8.16. The summed E-state index contributed by atoms with van der Waals surface area (Å²) in [4.78, 5) is 54.6. The minimum absolute atomic E-state index is 0.0632. The fraction of sp³-hybridized carbons (Fsp3) is 0.250. The Hall–Kier alpha value is -7.48. The van der Waals surface area contributed by atoms with Gasteiger partial charge >= 0.3 is 0 Å². The molecule has 62 heavy (non-hydrogen) atoms. The first kappa shape index (κ1) is 40.0. The van der Waals surface area contributed by atoms with E-state index in [1.54, 1.807) is 36.4 Å². The van der Waals surface area contributed by atoms with Crippen LogP contribution in [0.25, 0.3) is 12.2 Å². The number of hydrogen-bond acceptors (Lipinski definition) is 12. The third-order valence-electron chi connectivity index (χ3n) is 12.7. The number of ether oxygens (including phenoxy) is 4. The van der Waals surface area contributed by atoms with Gasteiger partial charge in [0.1, 0.15) is 24.5 Å². The highest BCUT2D eigenvalue weighted by Gasteiger charge is 2.61. The monoisotopic (exact) mass is 832 g/mol. The van der Waals surface area contributed by atoms with Gasteiger partial charge in [0.15, 0.2) is 23.0 Å². The molecule has 14 heteroatoms. The van der Waals surface area contributed by atoms with Gasteiger partial charge in [-0.3, -0.25) is 9.59 Å². The molecule has 314 valence electrons. The van der Waals surface area contributed by atoms with Crippen molar-refractivity contribution in [2.24, 2.45) is 10.4 Å². The molecule has 0 radical (unpaired) electrons. The lowest BCUT2D eigenvalue weighted by molar-refractivity contribution is -0.116. The zero-order valence-corrected chi connectivity index (χ0v) is 35.0. The van der Waals surface area contributed by atoms with Crippen molar-refractivity contribution in [1.82, 2.24) is 0 Å². The maximum Gasteiger partial charge on any atom is 0.244 e. The summed E-state index contributed by atoms with van der Waals surface area (Å²) in [5, 5.41) is 12.2. The number of amides is 2. The minimum Gasteiger partial charge on any atom is -0.493 e. The Bertz CT molecular complexity index is 2560. The topological polar surface area (TPSA) is 160 Å². The molecule has 0 aliphatic carbocycles. The molecule has 0 saturated heterocycles. The lowest BCUT2D eigenvalue weighted by Crippen LogP contribution is -2.61. The summed E-state index contributed by atoms with van der Waals surface area (Å²) >= 11 is 0. The maximum absolute atomic E-state index is 14.0. The minimum atomic E-state index is -1.13. The van der Waals surface area contributed by atoms with Crippen molar-refractivity contribution in [3.63, 3.8) is 0 Å². The average Bonchev–Trinajstić information content (AvgIpc) is 3.56. The number of nitrogens with zero attached hydrogens (tertiary/aromatic N) is 4. The van der Waals surface area contributed by atoms with Crippen LogP contribution >= 0.6 is 0 Å². The van der Waals surface area contributed by atoms with Crippen molar-refractivity contribution in [1.29, 1.82) is 0 Å².